The van der Waals surface area contributed by atoms with Crippen LogP contribution >= 0.6 is 0 Å². The summed E-state index contributed by atoms with van der Waals surface area (Å²) >= 11 is 0. The minimum Gasteiger partial charge on any atom is -0.480 e. The van der Waals surface area contributed by atoms with Crippen LogP contribution in [0.1, 0.15) is 6.42 Å². The summed E-state index contributed by atoms with van der Waals surface area (Å²) in [5.74, 6) is -1.54. The van der Waals surface area contributed by atoms with Crippen molar-refractivity contribution in [3.8, 4) is 0 Å². The summed E-state index contributed by atoms with van der Waals surface area (Å²) in [6.07, 6.45) is -0.0992. The van der Waals surface area contributed by atoms with Crippen LogP contribution in [0, 0.1) is 0 Å². The Balaban J connectivity index is 1.79. The fourth-order valence-electron chi connectivity index (χ4n) is 2.86. The standard InChI is InChI=1S/C16H17N3O6/c20-13(18-7-8-25-9-12(18)16(23)24)5-6-19-15(22)11-4-2-1-3-10(11)14(21)17-19/h1-4,12H,5-9H2,(H,17,21)(H,23,24). The maximum Gasteiger partial charge on any atom is 0.328 e. The smallest absolute Gasteiger partial charge is 0.328 e. The van der Waals surface area contributed by atoms with Gasteiger partial charge in [-0.15, -0.1) is 0 Å². The van der Waals surface area contributed by atoms with Crippen LogP contribution in [0.15, 0.2) is 33.9 Å². The molecule has 0 spiro atoms. The third kappa shape index (κ3) is 3.31. The Kier molecular flexibility index (Phi) is 4.66. The molecule has 9 heteroatoms. The Morgan fingerprint density at radius 3 is 2.68 bits per heavy atom. The first-order valence-electron chi connectivity index (χ1n) is 7.81. The van der Waals surface area contributed by atoms with Gasteiger partial charge in [0, 0.05) is 13.0 Å². The van der Waals surface area contributed by atoms with E-state index < -0.39 is 29.0 Å². The van der Waals surface area contributed by atoms with Gasteiger partial charge in [0.15, 0.2) is 6.04 Å². The Morgan fingerprint density at radius 2 is 1.96 bits per heavy atom. The number of carboxylic acids is 1. The summed E-state index contributed by atoms with van der Waals surface area (Å²) in [5, 5.41) is 12.2. The van der Waals surface area contributed by atoms with Crippen molar-refractivity contribution in [3.63, 3.8) is 0 Å². The number of aromatic nitrogens is 2. The number of carbonyl (C=O) groups is 2. The van der Waals surface area contributed by atoms with E-state index in [1.165, 1.54) is 4.90 Å². The van der Waals surface area contributed by atoms with Crippen molar-refractivity contribution in [3.05, 3.63) is 45.0 Å². The summed E-state index contributed by atoms with van der Waals surface area (Å²) in [6, 6.07) is 5.39. The number of morpholine rings is 1. The predicted molar refractivity (Wildman–Crippen MR) is 87.4 cm³/mol. The fraction of sp³-hybridized carbons (Fsp3) is 0.375. The monoisotopic (exact) mass is 347 g/mol. The van der Waals surface area contributed by atoms with Gasteiger partial charge >= 0.3 is 5.97 Å². The van der Waals surface area contributed by atoms with Gasteiger partial charge in [-0.2, -0.15) is 0 Å². The zero-order chi connectivity index (χ0) is 18.0. The summed E-state index contributed by atoms with van der Waals surface area (Å²) in [5.41, 5.74) is -0.822. The Labute approximate surface area is 141 Å². The maximum absolute atomic E-state index is 12.4. The number of hydrogen-bond acceptors (Lipinski definition) is 5. The van der Waals surface area contributed by atoms with Crippen molar-refractivity contribution in [1.29, 1.82) is 0 Å². The van der Waals surface area contributed by atoms with Crippen LogP contribution in [-0.4, -0.2) is 57.5 Å². The number of carboxylic acid groups (broad SMARTS) is 1. The number of fused-ring (bicyclic) bond motifs is 1. The number of amides is 1. The molecule has 1 fully saturated rings. The normalized spacial score (nSPS) is 17.6. The topological polar surface area (TPSA) is 122 Å². The van der Waals surface area contributed by atoms with Crippen molar-refractivity contribution >= 4 is 22.6 Å². The highest BCUT2D eigenvalue weighted by atomic mass is 16.5. The fourth-order valence-corrected chi connectivity index (χ4v) is 2.86. The molecule has 2 N–H and O–H groups in total. The molecule has 0 bridgehead atoms. The number of H-pyrrole nitrogens is 1. The average Bonchev–Trinajstić information content (AvgIpc) is 2.63. The summed E-state index contributed by atoms with van der Waals surface area (Å²) in [7, 11) is 0. The van der Waals surface area contributed by atoms with Gasteiger partial charge < -0.3 is 14.7 Å². The van der Waals surface area contributed by atoms with Gasteiger partial charge in [0.25, 0.3) is 11.1 Å². The summed E-state index contributed by atoms with van der Waals surface area (Å²) in [6.45, 7) is 0.344. The van der Waals surface area contributed by atoms with Gasteiger partial charge in [-0.1, -0.05) is 12.1 Å². The van der Waals surface area contributed by atoms with E-state index in [1.807, 2.05) is 0 Å². The molecule has 1 aromatic heterocycles. The Morgan fingerprint density at radius 1 is 1.24 bits per heavy atom. The lowest BCUT2D eigenvalue weighted by atomic mass is 10.2. The van der Waals surface area contributed by atoms with E-state index in [-0.39, 0.29) is 43.5 Å². The lowest BCUT2D eigenvalue weighted by Gasteiger charge is -2.32. The number of nitrogens with zero attached hydrogens (tertiary/aromatic N) is 2. The second-order valence-corrected chi connectivity index (χ2v) is 5.71. The van der Waals surface area contributed by atoms with Gasteiger partial charge in [-0.05, 0) is 12.1 Å². The third-order valence-electron chi connectivity index (χ3n) is 4.17. The molecule has 0 radical (unpaired) electrons. The molecule has 2 heterocycles. The van der Waals surface area contributed by atoms with Crippen molar-refractivity contribution in [2.75, 3.05) is 19.8 Å². The number of carbonyl (C=O) groups excluding carboxylic acids is 1. The van der Waals surface area contributed by atoms with Gasteiger partial charge in [-0.3, -0.25) is 19.5 Å². The number of nitrogens with one attached hydrogen (secondary N) is 1. The van der Waals surface area contributed by atoms with Crippen molar-refractivity contribution in [2.45, 2.75) is 19.0 Å². The van der Waals surface area contributed by atoms with Crippen LogP contribution in [0.2, 0.25) is 0 Å². The van der Waals surface area contributed by atoms with E-state index >= 15 is 0 Å². The van der Waals surface area contributed by atoms with E-state index in [2.05, 4.69) is 5.10 Å². The van der Waals surface area contributed by atoms with Crippen molar-refractivity contribution in [1.82, 2.24) is 14.7 Å². The molecule has 2 aromatic rings. The number of ether oxygens (including phenoxy) is 1. The van der Waals surface area contributed by atoms with Crippen LogP contribution in [0.5, 0.6) is 0 Å². The molecule has 9 nitrogen and oxygen atoms in total. The van der Waals surface area contributed by atoms with Crippen LogP contribution in [-0.2, 0) is 20.9 Å². The number of aromatic amines is 1. The first-order chi connectivity index (χ1) is 12.0. The number of benzene rings is 1. The number of hydrogen-bond donors (Lipinski definition) is 2. The molecule has 0 saturated carbocycles. The van der Waals surface area contributed by atoms with Crippen LogP contribution in [0.25, 0.3) is 10.8 Å². The van der Waals surface area contributed by atoms with E-state index in [0.29, 0.717) is 0 Å². The highest BCUT2D eigenvalue weighted by Crippen LogP contribution is 2.10. The molecular formula is C16H17N3O6. The quantitative estimate of drug-likeness (QED) is 0.761. The molecule has 1 unspecified atom stereocenters. The molecule has 132 valence electrons. The molecule has 3 rings (SSSR count). The molecule has 1 aliphatic rings. The Hall–Kier alpha value is -2.94. The minimum atomic E-state index is -1.13. The summed E-state index contributed by atoms with van der Waals surface area (Å²) in [4.78, 5) is 49.2. The highest BCUT2D eigenvalue weighted by Gasteiger charge is 2.32. The third-order valence-corrected chi connectivity index (χ3v) is 4.17. The first-order valence-corrected chi connectivity index (χ1v) is 7.81. The molecule has 1 aliphatic heterocycles. The minimum absolute atomic E-state index is 0.0402. The molecule has 1 saturated heterocycles. The van der Waals surface area contributed by atoms with Gasteiger partial charge in [0.05, 0.1) is 30.5 Å². The molecule has 0 aliphatic carbocycles. The zero-order valence-electron chi connectivity index (χ0n) is 13.3. The molecular weight excluding hydrogens is 330 g/mol. The molecule has 1 atom stereocenters. The van der Waals surface area contributed by atoms with Crippen LogP contribution < -0.4 is 11.1 Å². The lowest BCUT2D eigenvalue weighted by Crippen LogP contribution is -2.52. The highest BCUT2D eigenvalue weighted by molar-refractivity contribution is 5.84. The second-order valence-electron chi connectivity index (χ2n) is 5.71. The summed E-state index contributed by atoms with van der Waals surface area (Å²) < 4.78 is 6.17. The molecule has 25 heavy (non-hydrogen) atoms. The van der Waals surface area contributed by atoms with Crippen molar-refractivity contribution in [2.24, 2.45) is 0 Å². The predicted octanol–water partition coefficient (Wildman–Crippen LogP) is -0.608. The SMILES string of the molecule is O=C(O)C1COCCN1C(=O)CCn1[nH]c(=O)c2ccccc2c1=O. The number of aliphatic carboxylic acids is 1. The number of aryl methyl sites for hydroxylation is 1. The van der Waals surface area contributed by atoms with E-state index in [9.17, 15) is 19.2 Å². The van der Waals surface area contributed by atoms with Gasteiger partial charge in [0.1, 0.15) is 0 Å². The Bertz CT molecular complexity index is 931. The zero-order valence-corrected chi connectivity index (χ0v) is 13.3. The van der Waals surface area contributed by atoms with Gasteiger partial charge in [-0.25, -0.2) is 9.48 Å². The van der Waals surface area contributed by atoms with Crippen LogP contribution in [0.3, 0.4) is 0 Å². The lowest BCUT2D eigenvalue weighted by molar-refractivity contribution is -0.158. The van der Waals surface area contributed by atoms with Gasteiger partial charge in [0.2, 0.25) is 5.91 Å². The largest absolute Gasteiger partial charge is 0.480 e. The molecule has 1 amide bonds. The van der Waals surface area contributed by atoms with E-state index in [1.54, 1.807) is 24.3 Å². The van der Waals surface area contributed by atoms with E-state index in [4.69, 9.17) is 9.84 Å². The van der Waals surface area contributed by atoms with Crippen molar-refractivity contribution < 1.29 is 19.4 Å². The number of rotatable bonds is 4. The maximum atomic E-state index is 12.4. The second kappa shape index (κ2) is 6.89. The average molecular weight is 347 g/mol. The van der Waals surface area contributed by atoms with E-state index in [0.717, 1.165) is 4.68 Å². The first kappa shape index (κ1) is 16.9. The van der Waals surface area contributed by atoms with Crippen LogP contribution in [0.4, 0.5) is 0 Å². The molecule has 1 aromatic carbocycles.